The summed E-state index contributed by atoms with van der Waals surface area (Å²) in [5.74, 6) is 0. The summed E-state index contributed by atoms with van der Waals surface area (Å²) in [6, 6.07) is 8.78. The fourth-order valence-corrected chi connectivity index (χ4v) is 3.32. The van der Waals surface area contributed by atoms with Crippen molar-refractivity contribution < 1.29 is 0 Å². The SMILES string of the molecule is Cc1cc(C)n2cnc(CNc3ccc4c(c3)CCC4)c2n1. The van der Waals surface area contributed by atoms with E-state index >= 15 is 0 Å². The molecule has 4 heteroatoms. The fourth-order valence-electron chi connectivity index (χ4n) is 3.32. The van der Waals surface area contributed by atoms with E-state index in [0.717, 1.165) is 17.0 Å². The molecule has 1 N–H and O–H groups in total. The molecule has 4 nitrogen and oxygen atoms in total. The lowest BCUT2D eigenvalue weighted by molar-refractivity contribution is 0.912. The smallest absolute Gasteiger partial charge is 0.162 e. The third kappa shape index (κ3) is 2.25. The summed E-state index contributed by atoms with van der Waals surface area (Å²) in [6.07, 6.45) is 5.58. The number of benzene rings is 1. The fraction of sp³-hybridized carbons (Fsp3) is 0.333. The Morgan fingerprint density at radius 2 is 2.00 bits per heavy atom. The van der Waals surface area contributed by atoms with Crippen molar-refractivity contribution in [2.24, 2.45) is 0 Å². The Labute approximate surface area is 130 Å². The Kier molecular flexibility index (Phi) is 3.10. The summed E-state index contributed by atoms with van der Waals surface area (Å²) in [6.45, 7) is 4.81. The monoisotopic (exact) mass is 292 g/mol. The average Bonchev–Trinajstić information content (AvgIpc) is 3.11. The van der Waals surface area contributed by atoms with E-state index in [1.54, 1.807) is 0 Å². The maximum absolute atomic E-state index is 4.63. The molecule has 0 amide bonds. The molecule has 2 aromatic heterocycles. The summed E-state index contributed by atoms with van der Waals surface area (Å²) >= 11 is 0. The predicted octanol–water partition coefficient (Wildman–Crippen LogP) is 3.45. The van der Waals surface area contributed by atoms with Crippen LogP contribution in [-0.2, 0) is 19.4 Å². The molecule has 1 aromatic carbocycles. The minimum atomic E-state index is 0.700. The molecule has 0 bridgehead atoms. The Morgan fingerprint density at radius 3 is 2.91 bits per heavy atom. The van der Waals surface area contributed by atoms with Crippen LogP contribution in [-0.4, -0.2) is 14.4 Å². The number of hydrogen-bond acceptors (Lipinski definition) is 3. The van der Waals surface area contributed by atoms with E-state index in [4.69, 9.17) is 0 Å². The maximum Gasteiger partial charge on any atom is 0.162 e. The Bertz CT molecular complexity index is 848. The highest BCUT2D eigenvalue weighted by Gasteiger charge is 2.12. The highest BCUT2D eigenvalue weighted by molar-refractivity contribution is 5.52. The Balaban J connectivity index is 1.59. The first-order valence-electron chi connectivity index (χ1n) is 7.86. The van der Waals surface area contributed by atoms with Gasteiger partial charge in [0.2, 0.25) is 0 Å². The van der Waals surface area contributed by atoms with Gasteiger partial charge < -0.3 is 5.32 Å². The molecule has 0 aliphatic heterocycles. The van der Waals surface area contributed by atoms with Crippen molar-refractivity contribution in [3.63, 3.8) is 0 Å². The van der Waals surface area contributed by atoms with Crippen LogP contribution in [0.15, 0.2) is 30.6 Å². The molecule has 2 heterocycles. The number of aryl methyl sites for hydroxylation is 4. The maximum atomic E-state index is 4.63. The van der Waals surface area contributed by atoms with Crippen molar-refractivity contribution in [3.05, 3.63) is 58.8 Å². The number of imidazole rings is 1. The molecule has 4 rings (SSSR count). The molecule has 0 fully saturated rings. The van der Waals surface area contributed by atoms with Gasteiger partial charge in [0.05, 0.1) is 6.54 Å². The van der Waals surface area contributed by atoms with Crippen LogP contribution < -0.4 is 5.32 Å². The molecular weight excluding hydrogens is 272 g/mol. The molecule has 0 atom stereocenters. The largest absolute Gasteiger partial charge is 0.379 e. The zero-order chi connectivity index (χ0) is 15.1. The molecule has 0 saturated carbocycles. The van der Waals surface area contributed by atoms with E-state index in [2.05, 4.69) is 46.5 Å². The lowest BCUT2D eigenvalue weighted by Crippen LogP contribution is -2.03. The Hall–Kier alpha value is -2.36. The molecular formula is C18H20N4. The number of anilines is 1. The van der Waals surface area contributed by atoms with Crippen LogP contribution >= 0.6 is 0 Å². The van der Waals surface area contributed by atoms with Gasteiger partial charge in [0.1, 0.15) is 12.0 Å². The zero-order valence-corrected chi connectivity index (χ0v) is 13.1. The molecule has 1 aliphatic carbocycles. The van der Waals surface area contributed by atoms with Gasteiger partial charge in [-0.05, 0) is 62.4 Å². The summed E-state index contributed by atoms with van der Waals surface area (Å²) in [4.78, 5) is 9.15. The zero-order valence-electron chi connectivity index (χ0n) is 13.1. The molecule has 1 aliphatic rings. The van der Waals surface area contributed by atoms with Crippen molar-refractivity contribution in [1.29, 1.82) is 0 Å². The number of fused-ring (bicyclic) bond motifs is 2. The van der Waals surface area contributed by atoms with Gasteiger partial charge >= 0.3 is 0 Å². The highest BCUT2D eigenvalue weighted by Crippen LogP contribution is 2.25. The summed E-state index contributed by atoms with van der Waals surface area (Å²) in [7, 11) is 0. The number of nitrogens with zero attached hydrogens (tertiary/aromatic N) is 3. The number of nitrogens with one attached hydrogen (secondary N) is 1. The molecule has 0 unspecified atom stereocenters. The van der Waals surface area contributed by atoms with Gasteiger partial charge in [0.15, 0.2) is 5.65 Å². The average molecular weight is 292 g/mol. The first-order valence-corrected chi connectivity index (χ1v) is 7.86. The third-order valence-corrected chi connectivity index (χ3v) is 4.45. The molecule has 0 saturated heterocycles. The van der Waals surface area contributed by atoms with E-state index in [9.17, 15) is 0 Å². The van der Waals surface area contributed by atoms with Crippen molar-refractivity contribution in [1.82, 2.24) is 14.4 Å². The second kappa shape index (κ2) is 5.13. The summed E-state index contributed by atoms with van der Waals surface area (Å²) < 4.78 is 2.05. The summed E-state index contributed by atoms with van der Waals surface area (Å²) in [5.41, 5.74) is 8.31. The lowest BCUT2D eigenvalue weighted by atomic mass is 10.1. The van der Waals surface area contributed by atoms with Crippen molar-refractivity contribution >= 4 is 11.3 Å². The van der Waals surface area contributed by atoms with E-state index in [-0.39, 0.29) is 0 Å². The van der Waals surface area contributed by atoms with Crippen LogP contribution in [0.1, 0.15) is 34.6 Å². The van der Waals surface area contributed by atoms with Crippen LogP contribution in [0.25, 0.3) is 5.65 Å². The highest BCUT2D eigenvalue weighted by atomic mass is 15.1. The Morgan fingerprint density at radius 1 is 1.14 bits per heavy atom. The minimum absolute atomic E-state index is 0.700. The molecule has 0 radical (unpaired) electrons. The second-order valence-electron chi connectivity index (χ2n) is 6.11. The van der Waals surface area contributed by atoms with E-state index in [1.165, 1.54) is 41.8 Å². The van der Waals surface area contributed by atoms with Crippen molar-refractivity contribution in [2.75, 3.05) is 5.32 Å². The molecule has 0 spiro atoms. The molecule has 3 aromatic rings. The van der Waals surface area contributed by atoms with Crippen LogP contribution in [0.3, 0.4) is 0 Å². The minimum Gasteiger partial charge on any atom is -0.379 e. The normalized spacial score (nSPS) is 13.5. The lowest BCUT2D eigenvalue weighted by Gasteiger charge is -2.08. The first-order chi connectivity index (χ1) is 10.7. The van der Waals surface area contributed by atoms with Gasteiger partial charge in [-0.25, -0.2) is 9.97 Å². The quantitative estimate of drug-likeness (QED) is 0.804. The van der Waals surface area contributed by atoms with Gasteiger partial charge in [-0.3, -0.25) is 4.40 Å². The van der Waals surface area contributed by atoms with Gasteiger partial charge in [-0.1, -0.05) is 6.07 Å². The second-order valence-corrected chi connectivity index (χ2v) is 6.11. The predicted molar refractivity (Wildman–Crippen MR) is 88.3 cm³/mol. The van der Waals surface area contributed by atoms with Crippen LogP contribution in [0.4, 0.5) is 5.69 Å². The van der Waals surface area contributed by atoms with Gasteiger partial charge in [-0.15, -0.1) is 0 Å². The molecule has 22 heavy (non-hydrogen) atoms. The first kappa shape index (κ1) is 13.3. The van der Waals surface area contributed by atoms with Crippen LogP contribution in [0.2, 0.25) is 0 Å². The van der Waals surface area contributed by atoms with Gasteiger partial charge in [0, 0.05) is 17.1 Å². The van der Waals surface area contributed by atoms with Crippen LogP contribution in [0.5, 0.6) is 0 Å². The van der Waals surface area contributed by atoms with Crippen molar-refractivity contribution in [2.45, 2.75) is 39.7 Å². The number of hydrogen-bond donors (Lipinski definition) is 1. The van der Waals surface area contributed by atoms with Gasteiger partial charge in [0.25, 0.3) is 0 Å². The van der Waals surface area contributed by atoms with E-state index in [1.807, 2.05) is 17.7 Å². The number of aromatic nitrogens is 3. The summed E-state index contributed by atoms with van der Waals surface area (Å²) in [5, 5.41) is 3.49. The van der Waals surface area contributed by atoms with Gasteiger partial charge in [-0.2, -0.15) is 0 Å². The number of rotatable bonds is 3. The van der Waals surface area contributed by atoms with E-state index < -0.39 is 0 Å². The standard InChI is InChI=1S/C18H20N4/c1-12-8-13(2)22-11-20-17(18(22)21-12)10-19-16-7-6-14-4-3-5-15(14)9-16/h6-9,11,19H,3-5,10H2,1-2H3. The molecule has 112 valence electrons. The van der Waals surface area contributed by atoms with Crippen LogP contribution in [0, 0.1) is 13.8 Å². The topological polar surface area (TPSA) is 42.2 Å². The van der Waals surface area contributed by atoms with E-state index in [0.29, 0.717) is 6.54 Å². The van der Waals surface area contributed by atoms with Crippen molar-refractivity contribution in [3.8, 4) is 0 Å². The third-order valence-electron chi connectivity index (χ3n) is 4.45.